The number of carbonyl (C=O) groups excluding carboxylic acids is 3. The Kier molecular flexibility index (Phi) is 6.86. The van der Waals surface area contributed by atoms with Crippen molar-refractivity contribution in [1.82, 2.24) is 0 Å². The second kappa shape index (κ2) is 9.55. The third kappa shape index (κ3) is 4.87. The van der Waals surface area contributed by atoms with Gasteiger partial charge in [-0.15, -0.1) is 22.7 Å². The first-order valence-electron chi connectivity index (χ1n) is 8.92. The quantitative estimate of drug-likeness (QED) is 0.529. The van der Waals surface area contributed by atoms with E-state index in [4.69, 9.17) is 9.47 Å². The maximum Gasteiger partial charge on any atom is 0.341 e. The molecule has 2 N–H and O–H groups in total. The van der Waals surface area contributed by atoms with Gasteiger partial charge in [-0.25, -0.2) is 4.79 Å². The molecule has 0 atom stereocenters. The number of methoxy groups -OCH3 is 2. The van der Waals surface area contributed by atoms with Crippen LogP contribution in [0.15, 0.2) is 41.8 Å². The lowest BCUT2D eigenvalue weighted by molar-refractivity contribution is -0.115. The number of ether oxygens (including phenoxy) is 2. The Morgan fingerprint density at radius 1 is 1.07 bits per heavy atom. The summed E-state index contributed by atoms with van der Waals surface area (Å²) in [5.41, 5.74) is 1.17. The highest BCUT2D eigenvalue weighted by molar-refractivity contribution is 7.19. The van der Waals surface area contributed by atoms with Crippen LogP contribution in [0, 0.1) is 6.92 Å². The van der Waals surface area contributed by atoms with Crippen molar-refractivity contribution >= 4 is 51.1 Å². The van der Waals surface area contributed by atoms with Crippen molar-refractivity contribution in [3.05, 3.63) is 62.7 Å². The Morgan fingerprint density at radius 2 is 1.87 bits per heavy atom. The smallest absolute Gasteiger partial charge is 0.341 e. The van der Waals surface area contributed by atoms with Crippen molar-refractivity contribution in [3.8, 4) is 5.75 Å². The normalized spacial score (nSPS) is 10.4. The summed E-state index contributed by atoms with van der Waals surface area (Å²) in [4.78, 5) is 38.8. The van der Waals surface area contributed by atoms with Crippen LogP contribution < -0.4 is 15.4 Å². The molecular weight excluding hydrogens is 424 g/mol. The number of rotatable bonds is 7. The SMILES string of the molecule is COC(=O)c1c(NC(=O)Cc2cccs2)sc(C(=O)Nc2cccc(OC)c2)c1C. The van der Waals surface area contributed by atoms with E-state index in [0.717, 1.165) is 16.2 Å². The Bertz CT molecular complexity index is 1070. The number of hydrogen-bond donors (Lipinski definition) is 2. The zero-order valence-electron chi connectivity index (χ0n) is 16.6. The number of thiophene rings is 2. The number of esters is 1. The van der Waals surface area contributed by atoms with E-state index >= 15 is 0 Å². The number of carbonyl (C=O) groups is 3. The van der Waals surface area contributed by atoms with Crippen LogP contribution in [0.2, 0.25) is 0 Å². The number of hydrogen-bond acceptors (Lipinski definition) is 7. The molecule has 0 saturated carbocycles. The van der Waals surface area contributed by atoms with Gasteiger partial charge in [-0.05, 0) is 36.1 Å². The minimum absolute atomic E-state index is 0.179. The minimum Gasteiger partial charge on any atom is -0.497 e. The first-order valence-corrected chi connectivity index (χ1v) is 10.6. The summed E-state index contributed by atoms with van der Waals surface area (Å²) < 4.78 is 10.0. The summed E-state index contributed by atoms with van der Waals surface area (Å²) in [6.45, 7) is 1.65. The zero-order chi connectivity index (χ0) is 21.7. The second-order valence-electron chi connectivity index (χ2n) is 6.24. The van der Waals surface area contributed by atoms with Crippen LogP contribution >= 0.6 is 22.7 Å². The number of nitrogens with one attached hydrogen (secondary N) is 2. The molecule has 0 bridgehead atoms. The van der Waals surface area contributed by atoms with Crippen molar-refractivity contribution in [1.29, 1.82) is 0 Å². The van der Waals surface area contributed by atoms with Crippen LogP contribution in [-0.4, -0.2) is 32.0 Å². The summed E-state index contributed by atoms with van der Waals surface area (Å²) in [7, 11) is 2.80. The molecule has 3 aromatic rings. The molecule has 0 radical (unpaired) electrons. The van der Waals surface area contributed by atoms with Gasteiger partial charge < -0.3 is 20.1 Å². The molecule has 30 heavy (non-hydrogen) atoms. The van der Waals surface area contributed by atoms with Gasteiger partial charge in [0.2, 0.25) is 5.91 Å². The minimum atomic E-state index is -0.615. The molecule has 1 aromatic carbocycles. The third-order valence-electron chi connectivity index (χ3n) is 4.24. The number of benzene rings is 1. The predicted molar refractivity (Wildman–Crippen MR) is 118 cm³/mol. The van der Waals surface area contributed by atoms with Crippen LogP contribution in [-0.2, 0) is 16.0 Å². The lowest BCUT2D eigenvalue weighted by Gasteiger charge is -2.06. The van der Waals surface area contributed by atoms with Crippen LogP contribution in [0.1, 0.15) is 30.5 Å². The molecule has 0 aliphatic carbocycles. The molecular formula is C21H20N2O5S2. The average molecular weight is 445 g/mol. The summed E-state index contributed by atoms with van der Waals surface area (Å²) >= 11 is 2.51. The van der Waals surface area contributed by atoms with E-state index in [0.29, 0.717) is 21.9 Å². The largest absolute Gasteiger partial charge is 0.497 e. The van der Waals surface area contributed by atoms with Gasteiger partial charge in [-0.3, -0.25) is 9.59 Å². The van der Waals surface area contributed by atoms with E-state index in [1.165, 1.54) is 25.6 Å². The Balaban J connectivity index is 1.86. The van der Waals surface area contributed by atoms with Gasteiger partial charge in [0.15, 0.2) is 0 Å². The Labute approximate surface area is 181 Å². The highest BCUT2D eigenvalue weighted by Crippen LogP contribution is 2.34. The lowest BCUT2D eigenvalue weighted by atomic mass is 10.1. The molecule has 2 aromatic heterocycles. The van der Waals surface area contributed by atoms with Crippen molar-refractivity contribution in [2.75, 3.05) is 24.9 Å². The summed E-state index contributed by atoms with van der Waals surface area (Å²) in [6.07, 6.45) is 0.181. The fourth-order valence-electron chi connectivity index (χ4n) is 2.80. The lowest BCUT2D eigenvalue weighted by Crippen LogP contribution is -2.15. The molecule has 156 valence electrons. The van der Waals surface area contributed by atoms with Gasteiger partial charge in [0, 0.05) is 16.6 Å². The number of anilines is 2. The number of amides is 2. The molecule has 2 amide bonds. The molecule has 0 unspecified atom stereocenters. The van der Waals surface area contributed by atoms with Crippen molar-refractivity contribution in [2.45, 2.75) is 13.3 Å². The van der Waals surface area contributed by atoms with Crippen molar-refractivity contribution in [2.24, 2.45) is 0 Å². The van der Waals surface area contributed by atoms with Gasteiger partial charge in [0.05, 0.1) is 31.1 Å². The topological polar surface area (TPSA) is 93.7 Å². The van der Waals surface area contributed by atoms with E-state index in [2.05, 4.69) is 10.6 Å². The summed E-state index contributed by atoms with van der Waals surface area (Å²) in [5.74, 6) is -0.679. The fourth-order valence-corrected chi connectivity index (χ4v) is 4.61. The monoisotopic (exact) mass is 444 g/mol. The maximum absolute atomic E-state index is 12.8. The first-order chi connectivity index (χ1) is 14.4. The van der Waals surface area contributed by atoms with E-state index < -0.39 is 11.9 Å². The zero-order valence-corrected chi connectivity index (χ0v) is 18.2. The van der Waals surface area contributed by atoms with Crippen LogP contribution in [0.5, 0.6) is 5.75 Å². The van der Waals surface area contributed by atoms with Gasteiger partial charge >= 0.3 is 5.97 Å². The Morgan fingerprint density at radius 3 is 2.53 bits per heavy atom. The molecule has 0 fully saturated rings. The van der Waals surface area contributed by atoms with Crippen molar-refractivity contribution in [3.63, 3.8) is 0 Å². The molecule has 0 spiro atoms. The molecule has 0 aliphatic heterocycles. The van der Waals surface area contributed by atoms with E-state index in [1.807, 2.05) is 17.5 Å². The third-order valence-corrected chi connectivity index (χ3v) is 6.32. The summed E-state index contributed by atoms with van der Waals surface area (Å²) in [6, 6.07) is 10.7. The predicted octanol–water partition coefficient (Wildman–Crippen LogP) is 4.35. The molecule has 3 rings (SSSR count). The molecule has 2 heterocycles. The van der Waals surface area contributed by atoms with Crippen LogP contribution in [0.25, 0.3) is 0 Å². The maximum atomic E-state index is 12.8. The second-order valence-corrected chi connectivity index (χ2v) is 8.30. The molecule has 7 nitrogen and oxygen atoms in total. The Hall–Kier alpha value is -3.17. The van der Waals surface area contributed by atoms with E-state index in [1.54, 1.807) is 31.2 Å². The first kappa shape index (κ1) is 21.5. The highest BCUT2D eigenvalue weighted by Gasteiger charge is 2.26. The standard InChI is InChI=1S/C21H20N2O5S2/c1-12-17(21(26)28-3)20(23-16(24)11-15-8-5-9-29-15)30-18(12)19(25)22-13-6-4-7-14(10-13)27-2/h4-10H,11H2,1-3H3,(H,22,25)(H,23,24). The fraction of sp³-hybridized carbons (Fsp3) is 0.190. The van der Waals surface area contributed by atoms with Crippen molar-refractivity contribution < 1.29 is 23.9 Å². The van der Waals surface area contributed by atoms with Crippen LogP contribution in [0.3, 0.4) is 0 Å². The van der Waals surface area contributed by atoms with Crippen LogP contribution in [0.4, 0.5) is 10.7 Å². The van der Waals surface area contributed by atoms with Gasteiger partial charge in [0.25, 0.3) is 5.91 Å². The average Bonchev–Trinajstić information content (AvgIpc) is 3.35. The molecule has 9 heteroatoms. The van der Waals surface area contributed by atoms with E-state index in [9.17, 15) is 14.4 Å². The van der Waals surface area contributed by atoms with E-state index in [-0.39, 0.29) is 22.9 Å². The summed E-state index contributed by atoms with van der Waals surface area (Å²) in [5, 5.41) is 7.71. The molecule has 0 aliphatic rings. The van der Waals surface area contributed by atoms with Gasteiger partial charge in [-0.1, -0.05) is 12.1 Å². The molecule has 0 saturated heterocycles. The van der Waals surface area contributed by atoms with Gasteiger partial charge in [0.1, 0.15) is 10.8 Å². The van der Waals surface area contributed by atoms with Gasteiger partial charge in [-0.2, -0.15) is 0 Å². The highest BCUT2D eigenvalue weighted by atomic mass is 32.1.